The summed E-state index contributed by atoms with van der Waals surface area (Å²) >= 11 is 0. The number of hydrogen-bond acceptors (Lipinski definition) is 5. The minimum Gasteiger partial charge on any atom is -0.486 e. The molecule has 7 nitrogen and oxygen atoms in total. The van der Waals surface area contributed by atoms with E-state index in [0.717, 1.165) is 16.8 Å². The lowest BCUT2D eigenvalue weighted by atomic mass is 10.1. The molecule has 0 unspecified atom stereocenters. The van der Waals surface area contributed by atoms with Crippen LogP contribution >= 0.6 is 0 Å². The molecular weight excluding hydrogens is 396 g/mol. The van der Waals surface area contributed by atoms with Crippen molar-refractivity contribution in [1.29, 1.82) is 0 Å². The third-order valence-corrected chi connectivity index (χ3v) is 4.60. The van der Waals surface area contributed by atoms with Gasteiger partial charge in [-0.05, 0) is 43.3 Å². The number of hydrogen-bond donors (Lipinski definition) is 1. The second kappa shape index (κ2) is 7.94. The van der Waals surface area contributed by atoms with Crippen LogP contribution in [0.4, 0.5) is 14.5 Å². The number of nitrogens with one attached hydrogen (secondary N) is 1. The smallest absolute Gasteiger partial charge is 0.267 e. The Hall–Kier alpha value is -3.75. The topological polar surface area (TPSA) is 82.5 Å². The number of rotatable bonds is 4. The molecule has 0 spiro atoms. The van der Waals surface area contributed by atoms with Gasteiger partial charge in [-0.15, -0.1) is 0 Å². The highest BCUT2D eigenvalue weighted by Crippen LogP contribution is 2.33. The first-order valence-electron chi connectivity index (χ1n) is 9.18. The van der Waals surface area contributed by atoms with Gasteiger partial charge in [-0.25, -0.2) is 13.5 Å². The zero-order valence-electron chi connectivity index (χ0n) is 15.9. The Balaban J connectivity index is 1.60. The molecule has 9 heteroatoms. The van der Waals surface area contributed by atoms with Gasteiger partial charge in [0.05, 0.1) is 5.69 Å². The molecule has 0 aliphatic carbocycles. The highest BCUT2D eigenvalue weighted by molar-refractivity contribution is 5.93. The molecule has 0 fully saturated rings. The molecule has 0 saturated heterocycles. The summed E-state index contributed by atoms with van der Waals surface area (Å²) in [5.74, 6) is -1.52. The zero-order chi connectivity index (χ0) is 21.3. The number of aromatic nitrogens is 2. The predicted molar refractivity (Wildman–Crippen MR) is 105 cm³/mol. The fourth-order valence-corrected chi connectivity index (χ4v) is 2.99. The lowest BCUT2D eigenvalue weighted by Gasteiger charge is -2.19. The number of halogens is 2. The molecule has 0 bridgehead atoms. The molecule has 1 aliphatic rings. The zero-order valence-corrected chi connectivity index (χ0v) is 15.9. The van der Waals surface area contributed by atoms with E-state index >= 15 is 0 Å². The second-order valence-corrected chi connectivity index (χ2v) is 6.65. The van der Waals surface area contributed by atoms with Crippen molar-refractivity contribution in [1.82, 2.24) is 9.78 Å². The van der Waals surface area contributed by atoms with Crippen LogP contribution < -0.4 is 20.3 Å². The molecule has 0 saturated carbocycles. The first-order chi connectivity index (χ1) is 14.4. The number of carbonyl (C=O) groups excluding carboxylic acids is 1. The van der Waals surface area contributed by atoms with E-state index in [2.05, 4.69) is 10.4 Å². The Kier molecular flexibility index (Phi) is 5.18. The van der Waals surface area contributed by atoms with Crippen LogP contribution in [-0.4, -0.2) is 28.9 Å². The van der Waals surface area contributed by atoms with Gasteiger partial charge >= 0.3 is 0 Å². The van der Waals surface area contributed by atoms with Crippen LogP contribution in [0.2, 0.25) is 0 Å². The van der Waals surface area contributed by atoms with Gasteiger partial charge in [-0.2, -0.15) is 5.10 Å². The normalized spacial score (nSPS) is 13.6. The largest absolute Gasteiger partial charge is 0.486 e. The number of carbonyl (C=O) groups is 1. The molecule has 3 aromatic rings. The number of anilines is 1. The van der Waals surface area contributed by atoms with Crippen molar-refractivity contribution >= 4 is 11.6 Å². The Morgan fingerprint density at radius 1 is 1.03 bits per heavy atom. The van der Waals surface area contributed by atoms with Gasteiger partial charge in [-0.3, -0.25) is 9.59 Å². The summed E-state index contributed by atoms with van der Waals surface area (Å²) in [7, 11) is 0. The quantitative estimate of drug-likeness (QED) is 0.711. The van der Waals surface area contributed by atoms with Crippen LogP contribution in [0.25, 0.3) is 11.3 Å². The fourth-order valence-electron chi connectivity index (χ4n) is 2.99. The van der Waals surface area contributed by atoms with Crippen molar-refractivity contribution in [3.05, 3.63) is 70.5 Å². The van der Waals surface area contributed by atoms with E-state index in [9.17, 15) is 18.4 Å². The van der Waals surface area contributed by atoms with E-state index in [0.29, 0.717) is 36.0 Å². The molecule has 2 heterocycles. The Labute approximate surface area is 169 Å². The van der Waals surface area contributed by atoms with Crippen LogP contribution in [-0.2, 0) is 4.79 Å². The molecule has 1 N–H and O–H groups in total. The van der Waals surface area contributed by atoms with Crippen molar-refractivity contribution in [3.63, 3.8) is 0 Å². The van der Waals surface area contributed by atoms with Gasteiger partial charge in [0.15, 0.2) is 23.1 Å². The highest BCUT2D eigenvalue weighted by Gasteiger charge is 2.20. The second-order valence-electron chi connectivity index (χ2n) is 6.65. The Morgan fingerprint density at radius 3 is 2.57 bits per heavy atom. The van der Waals surface area contributed by atoms with E-state index in [1.165, 1.54) is 19.1 Å². The minimum atomic E-state index is -1.09. The lowest BCUT2D eigenvalue weighted by molar-refractivity contribution is -0.119. The van der Waals surface area contributed by atoms with Crippen molar-refractivity contribution in [2.45, 2.75) is 13.0 Å². The van der Waals surface area contributed by atoms with Gasteiger partial charge in [0, 0.05) is 23.4 Å². The van der Waals surface area contributed by atoms with E-state index < -0.39 is 29.1 Å². The van der Waals surface area contributed by atoms with Gasteiger partial charge in [0.2, 0.25) is 5.91 Å². The van der Waals surface area contributed by atoms with Crippen LogP contribution in [0.5, 0.6) is 11.5 Å². The lowest BCUT2D eigenvalue weighted by Crippen LogP contribution is -2.33. The fraction of sp³-hybridized carbons (Fsp3) is 0.190. The molecule has 1 aliphatic heterocycles. The Bertz CT molecular complexity index is 1180. The van der Waals surface area contributed by atoms with E-state index in [4.69, 9.17) is 9.47 Å². The molecular formula is C21H17F2N3O4. The minimum absolute atomic E-state index is 0.0711. The van der Waals surface area contributed by atoms with Crippen LogP contribution in [0.3, 0.4) is 0 Å². The molecule has 2 aromatic carbocycles. The standard InChI is InChI=1S/C21H17F2N3O4/c1-12(21(28)24-14-3-4-15(22)16(23)11-14)26-20(27)7-5-17(25-26)13-2-6-18-19(10-13)30-9-8-29-18/h2-7,10-12H,8-9H2,1H3,(H,24,28)/t12-/m0/s1. The highest BCUT2D eigenvalue weighted by atomic mass is 19.2. The monoisotopic (exact) mass is 413 g/mol. The third-order valence-electron chi connectivity index (χ3n) is 4.60. The summed E-state index contributed by atoms with van der Waals surface area (Å²) in [4.78, 5) is 24.8. The van der Waals surface area contributed by atoms with Crippen molar-refractivity contribution in [3.8, 4) is 22.8 Å². The first kappa shape index (κ1) is 19.6. The predicted octanol–water partition coefficient (Wildman–Crippen LogP) is 3.16. The van der Waals surface area contributed by atoms with Crippen molar-refractivity contribution < 1.29 is 23.0 Å². The van der Waals surface area contributed by atoms with Gasteiger partial charge in [0.25, 0.3) is 5.56 Å². The van der Waals surface area contributed by atoms with Crippen molar-refractivity contribution in [2.24, 2.45) is 0 Å². The Morgan fingerprint density at radius 2 is 1.80 bits per heavy atom. The summed E-state index contributed by atoms with van der Waals surface area (Å²) < 4.78 is 38.5. The van der Waals surface area contributed by atoms with E-state index in [1.54, 1.807) is 24.3 Å². The molecule has 154 valence electrons. The average Bonchev–Trinajstić information content (AvgIpc) is 2.76. The molecule has 1 amide bonds. The molecule has 1 atom stereocenters. The molecule has 1 aromatic heterocycles. The van der Waals surface area contributed by atoms with Crippen molar-refractivity contribution in [2.75, 3.05) is 18.5 Å². The summed E-state index contributed by atoms with van der Waals surface area (Å²) in [5.41, 5.74) is 0.728. The summed E-state index contributed by atoms with van der Waals surface area (Å²) in [5, 5.41) is 6.75. The number of fused-ring (bicyclic) bond motifs is 1. The summed E-state index contributed by atoms with van der Waals surface area (Å²) in [6.07, 6.45) is 0. The number of amides is 1. The van der Waals surface area contributed by atoms with Gasteiger partial charge < -0.3 is 14.8 Å². The molecule has 4 rings (SSSR count). The van der Waals surface area contributed by atoms with Crippen LogP contribution in [0.1, 0.15) is 13.0 Å². The maximum absolute atomic E-state index is 13.4. The molecule has 0 radical (unpaired) electrons. The maximum Gasteiger partial charge on any atom is 0.267 e. The first-order valence-corrected chi connectivity index (χ1v) is 9.18. The maximum atomic E-state index is 13.4. The summed E-state index contributed by atoms with van der Waals surface area (Å²) in [6.45, 7) is 2.39. The van der Waals surface area contributed by atoms with Crippen LogP contribution in [0.15, 0.2) is 53.3 Å². The number of nitrogens with zero attached hydrogens (tertiary/aromatic N) is 2. The van der Waals surface area contributed by atoms with Gasteiger partial charge in [-0.1, -0.05) is 0 Å². The SMILES string of the molecule is C[C@@H](C(=O)Nc1ccc(F)c(F)c1)n1nc(-c2ccc3c(c2)OCCO3)ccc1=O. The number of benzene rings is 2. The van der Waals surface area contributed by atoms with E-state index in [1.807, 2.05) is 0 Å². The van der Waals surface area contributed by atoms with E-state index in [-0.39, 0.29) is 5.69 Å². The number of ether oxygens (including phenoxy) is 2. The molecule has 30 heavy (non-hydrogen) atoms. The summed E-state index contributed by atoms with van der Waals surface area (Å²) in [6, 6.07) is 10.1. The third kappa shape index (κ3) is 3.86. The van der Waals surface area contributed by atoms with Gasteiger partial charge in [0.1, 0.15) is 19.3 Å². The average molecular weight is 413 g/mol. The van der Waals surface area contributed by atoms with Crippen LogP contribution in [0, 0.1) is 11.6 Å².